The number of nitrogens with zero attached hydrogens (tertiary/aromatic N) is 2. The SMILES string of the molecule is O=C(Cc1csc(-c2ccsc2)n1)N1CCOCC1CO. The standard InChI is InChI=1S/C14H16N2O3S2/c17-6-12-7-19-3-2-16(12)13(18)5-11-9-21-14(15-11)10-1-4-20-8-10/h1,4,8-9,12,17H,2-3,5-7H2. The first kappa shape index (κ1) is 14.6. The van der Waals surface area contributed by atoms with Crippen LogP contribution in [0, 0.1) is 0 Å². The highest BCUT2D eigenvalue weighted by Gasteiger charge is 2.27. The number of ether oxygens (including phenoxy) is 1. The summed E-state index contributed by atoms with van der Waals surface area (Å²) in [7, 11) is 0. The summed E-state index contributed by atoms with van der Waals surface area (Å²) in [6.45, 7) is 1.40. The summed E-state index contributed by atoms with van der Waals surface area (Å²) in [6, 6.07) is 1.79. The molecule has 3 rings (SSSR count). The highest BCUT2D eigenvalue weighted by Crippen LogP contribution is 2.26. The molecule has 5 nitrogen and oxygen atoms in total. The number of carbonyl (C=O) groups is 1. The molecule has 1 aliphatic heterocycles. The van der Waals surface area contributed by atoms with Gasteiger partial charge in [-0.3, -0.25) is 4.79 Å². The van der Waals surface area contributed by atoms with Crippen molar-refractivity contribution in [1.29, 1.82) is 0 Å². The Morgan fingerprint density at radius 3 is 3.19 bits per heavy atom. The van der Waals surface area contributed by atoms with E-state index in [4.69, 9.17) is 4.74 Å². The number of rotatable bonds is 4. The van der Waals surface area contributed by atoms with Crippen LogP contribution >= 0.6 is 22.7 Å². The molecule has 112 valence electrons. The summed E-state index contributed by atoms with van der Waals surface area (Å²) in [5, 5.41) is 16.3. The lowest BCUT2D eigenvalue weighted by molar-refractivity contribution is -0.140. The lowest BCUT2D eigenvalue weighted by Crippen LogP contribution is -2.51. The average Bonchev–Trinajstić information content (AvgIpc) is 3.17. The van der Waals surface area contributed by atoms with E-state index >= 15 is 0 Å². The molecule has 1 saturated heterocycles. The van der Waals surface area contributed by atoms with Gasteiger partial charge in [-0.25, -0.2) is 4.98 Å². The fourth-order valence-electron chi connectivity index (χ4n) is 2.30. The van der Waals surface area contributed by atoms with Crippen LogP contribution in [-0.2, 0) is 16.0 Å². The van der Waals surface area contributed by atoms with Crippen LogP contribution in [0.5, 0.6) is 0 Å². The summed E-state index contributed by atoms with van der Waals surface area (Å²) in [4.78, 5) is 18.6. The van der Waals surface area contributed by atoms with Gasteiger partial charge in [0.15, 0.2) is 0 Å². The van der Waals surface area contributed by atoms with Crippen molar-refractivity contribution in [3.8, 4) is 10.6 Å². The number of hydrogen-bond donors (Lipinski definition) is 1. The van der Waals surface area contributed by atoms with Crippen LogP contribution in [0.1, 0.15) is 5.69 Å². The van der Waals surface area contributed by atoms with Gasteiger partial charge in [0.2, 0.25) is 5.91 Å². The molecule has 0 bridgehead atoms. The van der Waals surface area contributed by atoms with E-state index in [2.05, 4.69) is 4.98 Å². The molecule has 2 aromatic rings. The Hall–Kier alpha value is -1.28. The molecule has 1 atom stereocenters. The maximum Gasteiger partial charge on any atom is 0.229 e. The van der Waals surface area contributed by atoms with Gasteiger partial charge < -0.3 is 14.7 Å². The fourth-order valence-corrected chi connectivity index (χ4v) is 3.83. The lowest BCUT2D eigenvalue weighted by Gasteiger charge is -2.34. The molecule has 1 amide bonds. The van der Waals surface area contributed by atoms with Crippen molar-refractivity contribution < 1.29 is 14.6 Å². The quantitative estimate of drug-likeness (QED) is 0.928. The zero-order chi connectivity index (χ0) is 14.7. The summed E-state index contributed by atoms with van der Waals surface area (Å²) >= 11 is 3.19. The largest absolute Gasteiger partial charge is 0.394 e. The van der Waals surface area contributed by atoms with E-state index in [9.17, 15) is 9.90 Å². The van der Waals surface area contributed by atoms with Gasteiger partial charge in [0.25, 0.3) is 0 Å². The van der Waals surface area contributed by atoms with Crippen molar-refractivity contribution in [3.05, 3.63) is 27.9 Å². The van der Waals surface area contributed by atoms with Crippen molar-refractivity contribution >= 4 is 28.6 Å². The second-order valence-electron chi connectivity index (χ2n) is 4.83. The zero-order valence-electron chi connectivity index (χ0n) is 11.4. The smallest absolute Gasteiger partial charge is 0.229 e. The highest BCUT2D eigenvalue weighted by atomic mass is 32.1. The van der Waals surface area contributed by atoms with Gasteiger partial charge in [-0.2, -0.15) is 11.3 Å². The molecule has 7 heteroatoms. The van der Waals surface area contributed by atoms with Gasteiger partial charge in [0, 0.05) is 22.9 Å². The van der Waals surface area contributed by atoms with Gasteiger partial charge in [0.05, 0.1) is 38.0 Å². The molecule has 1 fully saturated rings. The van der Waals surface area contributed by atoms with Crippen LogP contribution in [0.25, 0.3) is 10.6 Å². The molecule has 1 unspecified atom stereocenters. The number of carbonyl (C=O) groups excluding carboxylic acids is 1. The van der Waals surface area contributed by atoms with Crippen LogP contribution in [0.15, 0.2) is 22.2 Å². The Labute approximate surface area is 130 Å². The number of aliphatic hydroxyl groups is 1. The monoisotopic (exact) mass is 324 g/mol. The van der Waals surface area contributed by atoms with Gasteiger partial charge in [0.1, 0.15) is 5.01 Å². The van der Waals surface area contributed by atoms with Gasteiger partial charge in [-0.15, -0.1) is 11.3 Å². The van der Waals surface area contributed by atoms with E-state index in [1.54, 1.807) is 27.6 Å². The normalized spacial score (nSPS) is 18.9. The molecule has 0 spiro atoms. The molecule has 2 aromatic heterocycles. The summed E-state index contributed by atoms with van der Waals surface area (Å²) < 4.78 is 5.29. The topological polar surface area (TPSA) is 62.7 Å². The number of amides is 1. The maximum absolute atomic E-state index is 12.4. The number of morpholine rings is 1. The van der Waals surface area contributed by atoms with Crippen molar-refractivity contribution in [1.82, 2.24) is 9.88 Å². The molecule has 0 aliphatic carbocycles. The fraction of sp³-hybridized carbons (Fsp3) is 0.429. The van der Waals surface area contributed by atoms with Crippen molar-refractivity contribution in [2.45, 2.75) is 12.5 Å². The Morgan fingerprint density at radius 1 is 1.52 bits per heavy atom. The van der Waals surface area contributed by atoms with Crippen LogP contribution in [0.2, 0.25) is 0 Å². The van der Waals surface area contributed by atoms with Crippen molar-refractivity contribution in [2.24, 2.45) is 0 Å². The Morgan fingerprint density at radius 2 is 2.43 bits per heavy atom. The third-order valence-electron chi connectivity index (χ3n) is 3.41. The minimum atomic E-state index is -0.235. The summed E-state index contributed by atoms with van der Waals surface area (Å²) in [5.41, 5.74) is 1.89. The predicted octanol–water partition coefficient (Wildman–Crippen LogP) is 1.63. The molecule has 1 N–H and O–H groups in total. The van der Waals surface area contributed by atoms with Gasteiger partial charge in [-0.05, 0) is 11.4 Å². The van der Waals surface area contributed by atoms with E-state index in [-0.39, 0.29) is 25.0 Å². The minimum Gasteiger partial charge on any atom is -0.394 e. The molecular formula is C14H16N2O3S2. The number of aromatic nitrogens is 1. The molecule has 0 aromatic carbocycles. The van der Waals surface area contributed by atoms with Crippen LogP contribution in [0.3, 0.4) is 0 Å². The molecule has 1 aliphatic rings. The van der Waals surface area contributed by atoms with Gasteiger partial charge in [-0.1, -0.05) is 0 Å². The second-order valence-corrected chi connectivity index (χ2v) is 6.47. The number of thiazole rings is 1. The molecule has 0 saturated carbocycles. The molecule has 0 radical (unpaired) electrons. The lowest BCUT2D eigenvalue weighted by atomic mass is 10.2. The molecular weight excluding hydrogens is 308 g/mol. The summed E-state index contributed by atoms with van der Waals surface area (Å²) in [6.07, 6.45) is 0.275. The third kappa shape index (κ3) is 3.32. The average molecular weight is 324 g/mol. The van der Waals surface area contributed by atoms with Crippen LogP contribution in [0.4, 0.5) is 0 Å². The van der Waals surface area contributed by atoms with Gasteiger partial charge >= 0.3 is 0 Å². The van der Waals surface area contributed by atoms with Crippen molar-refractivity contribution in [3.63, 3.8) is 0 Å². The second kappa shape index (κ2) is 6.65. The zero-order valence-corrected chi connectivity index (χ0v) is 13.0. The predicted molar refractivity (Wildman–Crippen MR) is 82.5 cm³/mol. The van der Waals surface area contributed by atoms with Crippen LogP contribution < -0.4 is 0 Å². The molecule has 3 heterocycles. The number of thiophene rings is 1. The Balaban J connectivity index is 1.67. The number of aliphatic hydroxyl groups excluding tert-OH is 1. The number of hydrogen-bond acceptors (Lipinski definition) is 6. The van der Waals surface area contributed by atoms with E-state index in [1.807, 2.05) is 22.2 Å². The maximum atomic E-state index is 12.4. The Kier molecular flexibility index (Phi) is 4.64. The van der Waals surface area contributed by atoms with E-state index in [0.717, 1.165) is 16.3 Å². The van der Waals surface area contributed by atoms with E-state index in [0.29, 0.717) is 19.8 Å². The van der Waals surface area contributed by atoms with Crippen molar-refractivity contribution in [2.75, 3.05) is 26.4 Å². The van der Waals surface area contributed by atoms with E-state index in [1.165, 1.54) is 0 Å². The first-order chi connectivity index (χ1) is 10.3. The third-order valence-corrected chi connectivity index (χ3v) is 5.03. The minimum absolute atomic E-state index is 0.000446. The first-order valence-electron chi connectivity index (χ1n) is 6.73. The van der Waals surface area contributed by atoms with Crippen LogP contribution in [-0.4, -0.2) is 53.3 Å². The highest BCUT2D eigenvalue weighted by molar-refractivity contribution is 7.14. The van der Waals surface area contributed by atoms with E-state index < -0.39 is 0 Å². The Bertz CT molecular complexity index is 597. The first-order valence-corrected chi connectivity index (χ1v) is 8.55. The summed E-state index contributed by atoms with van der Waals surface area (Å²) in [5.74, 6) is -0.000446. The molecule has 21 heavy (non-hydrogen) atoms.